The summed E-state index contributed by atoms with van der Waals surface area (Å²) in [6.07, 6.45) is 0. The summed E-state index contributed by atoms with van der Waals surface area (Å²) in [5, 5.41) is 15.5. The number of rotatable bonds is 3. The van der Waals surface area contributed by atoms with E-state index in [1.165, 1.54) is 0 Å². The fraction of sp³-hybridized carbons (Fsp3) is 0.538. The molecule has 20 heavy (non-hydrogen) atoms. The molecule has 0 aromatic carbocycles. The molecule has 106 valence electrons. The zero-order valence-corrected chi connectivity index (χ0v) is 11.8. The van der Waals surface area contributed by atoms with Crippen molar-refractivity contribution in [1.29, 1.82) is 0 Å². The fourth-order valence-electron chi connectivity index (χ4n) is 2.26. The number of nitrogens with one attached hydrogen (secondary N) is 1. The average molecular weight is 274 g/mol. The molecule has 2 aromatic rings. The van der Waals surface area contributed by atoms with Gasteiger partial charge in [-0.05, 0) is 19.9 Å². The Hall–Kier alpha value is -1.86. The molecule has 1 aliphatic rings. The lowest BCUT2D eigenvalue weighted by molar-refractivity contribution is 0.225. The van der Waals surface area contributed by atoms with Gasteiger partial charge in [0.05, 0.1) is 23.5 Å². The van der Waals surface area contributed by atoms with E-state index in [2.05, 4.69) is 30.6 Å². The maximum atomic E-state index is 5.36. The molecule has 7 heteroatoms. The highest BCUT2D eigenvalue weighted by molar-refractivity contribution is 5.55. The van der Waals surface area contributed by atoms with Crippen molar-refractivity contribution < 1.29 is 4.52 Å². The molecule has 7 nitrogen and oxygen atoms in total. The SMILES string of the molecule is Cc1cc(-c2nc(CN3CCNCC3)no2)c(C)nn1. The fourth-order valence-corrected chi connectivity index (χ4v) is 2.26. The van der Waals surface area contributed by atoms with Crippen LogP contribution in [0.15, 0.2) is 10.6 Å². The van der Waals surface area contributed by atoms with E-state index in [9.17, 15) is 0 Å². The van der Waals surface area contributed by atoms with Crippen molar-refractivity contribution in [3.05, 3.63) is 23.3 Å². The lowest BCUT2D eigenvalue weighted by Crippen LogP contribution is -2.43. The summed E-state index contributed by atoms with van der Waals surface area (Å²) in [5.74, 6) is 1.24. The zero-order chi connectivity index (χ0) is 13.9. The van der Waals surface area contributed by atoms with Crippen LogP contribution in [0.4, 0.5) is 0 Å². The van der Waals surface area contributed by atoms with Crippen LogP contribution in [-0.4, -0.2) is 51.4 Å². The highest BCUT2D eigenvalue weighted by Crippen LogP contribution is 2.20. The monoisotopic (exact) mass is 274 g/mol. The second-order valence-electron chi connectivity index (χ2n) is 5.03. The van der Waals surface area contributed by atoms with Gasteiger partial charge in [-0.15, -0.1) is 0 Å². The van der Waals surface area contributed by atoms with Crippen LogP contribution in [0.2, 0.25) is 0 Å². The Morgan fingerprint density at radius 3 is 2.85 bits per heavy atom. The van der Waals surface area contributed by atoms with Gasteiger partial charge in [-0.1, -0.05) is 5.16 Å². The van der Waals surface area contributed by atoms with Gasteiger partial charge >= 0.3 is 0 Å². The van der Waals surface area contributed by atoms with Gasteiger partial charge < -0.3 is 9.84 Å². The van der Waals surface area contributed by atoms with Crippen molar-refractivity contribution >= 4 is 0 Å². The van der Waals surface area contributed by atoms with E-state index in [0.717, 1.165) is 55.5 Å². The molecule has 1 saturated heterocycles. The van der Waals surface area contributed by atoms with Gasteiger partial charge in [0.2, 0.25) is 0 Å². The van der Waals surface area contributed by atoms with E-state index in [-0.39, 0.29) is 0 Å². The van der Waals surface area contributed by atoms with Gasteiger partial charge in [-0.3, -0.25) is 4.90 Å². The maximum absolute atomic E-state index is 5.36. The first kappa shape index (κ1) is 13.1. The molecule has 1 N–H and O–H groups in total. The average Bonchev–Trinajstić information content (AvgIpc) is 2.91. The summed E-state index contributed by atoms with van der Waals surface area (Å²) in [6, 6.07) is 1.92. The maximum Gasteiger partial charge on any atom is 0.259 e. The molecule has 0 aliphatic carbocycles. The third kappa shape index (κ3) is 2.83. The van der Waals surface area contributed by atoms with Gasteiger partial charge in [0.15, 0.2) is 5.82 Å². The minimum atomic E-state index is 0.519. The van der Waals surface area contributed by atoms with Crippen molar-refractivity contribution in [3.63, 3.8) is 0 Å². The van der Waals surface area contributed by atoms with E-state index >= 15 is 0 Å². The normalized spacial score (nSPS) is 16.5. The number of aromatic nitrogens is 4. The predicted molar refractivity (Wildman–Crippen MR) is 72.9 cm³/mol. The van der Waals surface area contributed by atoms with Crippen LogP contribution in [0.3, 0.4) is 0 Å². The Labute approximate surface area is 117 Å². The molecular formula is C13H18N6O. The van der Waals surface area contributed by atoms with Crippen molar-refractivity contribution in [2.75, 3.05) is 26.2 Å². The molecule has 0 saturated carbocycles. The van der Waals surface area contributed by atoms with Gasteiger partial charge in [0.1, 0.15) is 0 Å². The van der Waals surface area contributed by atoms with Crippen LogP contribution >= 0.6 is 0 Å². The summed E-state index contributed by atoms with van der Waals surface area (Å²) < 4.78 is 5.36. The zero-order valence-electron chi connectivity index (χ0n) is 11.8. The van der Waals surface area contributed by atoms with Gasteiger partial charge in [0.25, 0.3) is 5.89 Å². The molecule has 1 aliphatic heterocycles. The number of aryl methyl sites for hydroxylation is 2. The summed E-state index contributed by atoms with van der Waals surface area (Å²) >= 11 is 0. The molecule has 0 amide bonds. The first-order valence-electron chi connectivity index (χ1n) is 6.79. The van der Waals surface area contributed by atoms with Crippen LogP contribution in [0.25, 0.3) is 11.5 Å². The Kier molecular flexibility index (Phi) is 3.70. The highest BCUT2D eigenvalue weighted by atomic mass is 16.5. The van der Waals surface area contributed by atoms with Gasteiger partial charge in [-0.25, -0.2) is 0 Å². The first-order valence-corrected chi connectivity index (χ1v) is 6.79. The standard InChI is InChI=1S/C13H18N6O/c1-9-7-11(10(2)17-16-9)13-15-12(18-20-13)8-19-5-3-14-4-6-19/h7,14H,3-6,8H2,1-2H3. The summed E-state index contributed by atoms with van der Waals surface area (Å²) in [6.45, 7) is 8.56. The second kappa shape index (κ2) is 5.64. The van der Waals surface area contributed by atoms with E-state index in [0.29, 0.717) is 5.89 Å². The molecule has 3 heterocycles. The summed E-state index contributed by atoms with van der Waals surface area (Å²) in [7, 11) is 0. The molecule has 1 fully saturated rings. The van der Waals surface area contributed by atoms with Gasteiger partial charge in [0, 0.05) is 26.2 Å². The highest BCUT2D eigenvalue weighted by Gasteiger charge is 2.16. The summed E-state index contributed by atoms with van der Waals surface area (Å²) in [4.78, 5) is 6.78. The lowest BCUT2D eigenvalue weighted by Gasteiger charge is -2.25. The van der Waals surface area contributed by atoms with E-state index in [4.69, 9.17) is 4.52 Å². The lowest BCUT2D eigenvalue weighted by atomic mass is 10.2. The molecule has 0 unspecified atom stereocenters. The number of piperazine rings is 1. The molecule has 0 radical (unpaired) electrons. The van der Waals surface area contributed by atoms with Crippen LogP contribution in [0.1, 0.15) is 17.2 Å². The first-order chi connectivity index (χ1) is 9.72. The number of nitrogens with zero attached hydrogens (tertiary/aromatic N) is 5. The Bertz CT molecular complexity index is 590. The van der Waals surface area contributed by atoms with E-state index < -0.39 is 0 Å². The second-order valence-corrected chi connectivity index (χ2v) is 5.03. The molecule has 0 spiro atoms. The van der Waals surface area contributed by atoms with Crippen LogP contribution < -0.4 is 5.32 Å². The van der Waals surface area contributed by atoms with Crippen molar-refractivity contribution in [1.82, 2.24) is 30.6 Å². The van der Waals surface area contributed by atoms with Gasteiger partial charge in [-0.2, -0.15) is 15.2 Å². The van der Waals surface area contributed by atoms with Crippen molar-refractivity contribution in [2.24, 2.45) is 0 Å². The summed E-state index contributed by atoms with van der Waals surface area (Å²) in [5.41, 5.74) is 2.50. The molecule has 2 aromatic heterocycles. The van der Waals surface area contributed by atoms with Crippen LogP contribution in [-0.2, 0) is 6.54 Å². The molecule has 3 rings (SSSR count). The topological polar surface area (TPSA) is 80.0 Å². The Balaban J connectivity index is 1.77. The third-order valence-electron chi connectivity index (χ3n) is 3.37. The van der Waals surface area contributed by atoms with Crippen LogP contribution in [0, 0.1) is 13.8 Å². The van der Waals surface area contributed by atoms with Crippen LogP contribution in [0.5, 0.6) is 0 Å². The van der Waals surface area contributed by atoms with Crippen molar-refractivity contribution in [3.8, 4) is 11.5 Å². The molecule has 0 atom stereocenters. The predicted octanol–water partition coefficient (Wildman–Crippen LogP) is 0.549. The third-order valence-corrected chi connectivity index (χ3v) is 3.37. The minimum absolute atomic E-state index is 0.519. The van der Waals surface area contributed by atoms with Crippen molar-refractivity contribution in [2.45, 2.75) is 20.4 Å². The smallest absolute Gasteiger partial charge is 0.259 e. The largest absolute Gasteiger partial charge is 0.334 e. The molecular weight excluding hydrogens is 256 g/mol. The minimum Gasteiger partial charge on any atom is -0.334 e. The number of hydrogen-bond donors (Lipinski definition) is 1. The quantitative estimate of drug-likeness (QED) is 0.875. The number of hydrogen-bond acceptors (Lipinski definition) is 7. The Morgan fingerprint density at radius 2 is 2.05 bits per heavy atom. The molecule has 0 bridgehead atoms. The Morgan fingerprint density at radius 1 is 1.25 bits per heavy atom. The van der Waals surface area contributed by atoms with E-state index in [1.54, 1.807) is 0 Å². The van der Waals surface area contributed by atoms with E-state index in [1.807, 2.05) is 19.9 Å².